The summed E-state index contributed by atoms with van der Waals surface area (Å²) in [6, 6.07) is 16.1. The smallest absolute Gasteiger partial charge is 0.357 e. The first-order valence-corrected chi connectivity index (χ1v) is 10.4. The molecule has 9 heteroatoms. The van der Waals surface area contributed by atoms with Crippen molar-refractivity contribution in [2.24, 2.45) is 0 Å². The molecule has 0 aliphatic carbocycles. The number of nitrogens with zero attached hydrogens (tertiary/aromatic N) is 2. The van der Waals surface area contributed by atoms with Crippen molar-refractivity contribution in [2.75, 3.05) is 34.0 Å². The maximum atomic E-state index is 12.7. The molecular formula is C24H24N2O7. The fraction of sp³-hybridized carbons (Fsp3) is 0.292. The van der Waals surface area contributed by atoms with Gasteiger partial charge in [0.1, 0.15) is 17.0 Å². The van der Waals surface area contributed by atoms with Gasteiger partial charge in [-0.25, -0.2) is 14.3 Å². The van der Waals surface area contributed by atoms with Gasteiger partial charge in [0.15, 0.2) is 12.0 Å². The molecule has 0 N–H and O–H groups in total. The molecule has 0 atom stereocenters. The van der Waals surface area contributed by atoms with Gasteiger partial charge >= 0.3 is 11.9 Å². The Morgan fingerprint density at radius 1 is 0.970 bits per heavy atom. The second-order valence-electron chi connectivity index (χ2n) is 7.14. The van der Waals surface area contributed by atoms with E-state index in [2.05, 4.69) is 5.10 Å². The van der Waals surface area contributed by atoms with Crippen LogP contribution in [0.1, 0.15) is 27.3 Å². The average Bonchev–Trinajstić information content (AvgIpc) is 3.52. The summed E-state index contributed by atoms with van der Waals surface area (Å²) in [6.07, 6.45) is 0.392. The lowest BCUT2D eigenvalue weighted by atomic mass is 10.1. The standard InChI is InChI=1S/C24H24N2O7/c1-29-23(27)20-21(25-26(22(20)24(28)30-2)17-6-4-3-5-7-17)16-8-10-18(11-9-16)31-13-12-19-32-14-15-33-19/h3-11,19H,12-15H2,1-2H3. The zero-order valence-electron chi connectivity index (χ0n) is 18.4. The number of esters is 2. The number of ether oxygens (including phenoxy) is 5. The van der Waals surface area contributed by atoms with E-state index in [4.69, 9.17) is 23.7 Å². The number of aromatic nitrogens is 2. The fourth-order valence-electron chi connectivity index (χ4n) is 3.51. The number of hydrogen-bond donors (Lipinski definition) is 0. The Balaban J connectivity index is 1.66. The second-order valence-corrected chi connectivity index (χ2v) is 7.14. The van der Waals surface area contributed by atoms with Crippen molar-refractivity contribution in [1.29, 1.82) is 0 Å². The molecule has 1 aliphatic rings. The topological polar surface area (TPSA) is 98.1 Å². The number of rotatable bonds is 8. The molecule has 0 spiro atoms. The van der Waals surface area contributed by atoms with Gasteiger partial charge in [-0.3, -0.25) is 0 Å². The number of hydrogen-bond acceptors (Lipinski definition) is 8. The van der Waals surface area contributed by atoms with Gasteiger partial charge in [0.2, 0.25) is 0 Å². The van der Waals surface area contributed by atoms with Crippen molar-refractivity contribution in [3.63, 3.8) is 0 Å². The second kappa shape index (κ2) is 10.3. The van der Waals surface area contributed by atoms with Crippen LogP contribution in [0.4, 0.5) is 0 Å². The number of benzene rings is 2. The van der Waals surface area contributed by atoms with Crippen molar-refractivity contribution in [3.05, 3.63) is 65.9 Å². The first kappa shape index (κ1) is 22.5. The largest absolute Gasteiger partial charge is 0.493 e. The summed E-state index contributed by atoms with van der Waals surface area (Å²) in [5, 5.41) is 4.57. The summed E-state index contributed by atoms with van der Waals surface area (Å²) < 4.78 is 27.8. The van der Waals surface area contributed by atoms with Gasteiger partial charge in [-0.05, 0) is 36.4 Å². The average molecular weight is 452 g/mol. The Labute approximate surface area is 190 Å². The van der Waals surface area contributed by atoms with Crippen LogP contribution in [0.15, 0.2) is 54.6 Å². The Morgan fingerprint density at radius 3 is 2.27 bits per heavy atom. The molecule has 2 heterocycles. The van der Waals surface area contributed by atoms with E-state index < -0.39 is 11.9 Å². The molecule has 1 aliphatic heterocycles. The molecule has 0 radical (unpaired) electrons. The predicted molar refractivity (Wildman–Crippen MR) is 117 cm³/mol. The summed E-state index contributed by atoms with van der Waals surface area (Å²) in [6.45, 7) is 1.64. The third kappa shape index (κ3) is 4.89. The maximum absolute atomic E-state index is 12.7. The number of methoxy groups -OCH3 is 2. The Morgan fingerprint density at radius 2 is 1.64 bits per heavy atom. The van der Waals surface area contributed by atoms with Crippen molar-refractivity contribution in [3.8, 4) is 22.7 Å². The Kier molecular flexibility index (Phi) is 7.01. The van der Waals surface area contributed by atoms with E-state index in [-0.39, 0.29) is 17.5 Å². The minimum absolute atomic E-state index is 0.0116. The van der Waals surface area contributed by atoms with Crippen LogP contribution < -0.4 is 4.74 Å². The first-order valence-electron chi connectivity index (χ1n) is 10.4. The van der Waals surface area contributed by atoms with E-state index in [1.54, 1.807) is 36.4 Å². The maximum Gasteiger partial charge on any atom is 0.357 e. The molecule has 0 amide bonds. The Hall–Kier alpha value is -3.69. The van der Waals surface area contributed by atoms with Crippen molar-refractivity contribution < 1.29 is 33.3 Å². The highest BCUT2D eigenvalue weighted by atomic mass is 16.7. The van der Waals surface area contributed by atoms with Crippen molar-refractivity contribution in [1.82, 2.24) is 9.78 Å². The molecule has 0 saturated carbocycles. The summed E-state index contributed by atoms with van der Waals surface area (Å²) in [7, 11) is 2.50. The molecule has 2 aromatic carbocycles. The van der Waals surface area contributed by atoms with Gasteiger partial charge in [-0.2, -0.15) is 5.10 Å². The third-order valence-electron chi connectivity index (χ3n) is 5.10. The van der Waals surface area contributed by atoms with Gasteiger partial charge in [0.25, 0.3) is 0 Å². The molecule has 172 valence electrons. The van der Waals surface area contributed by atoms with Gasteiger partial charge in [-0.1, -0.05) is 18.2 Å². The molecule has 9 nitrogen and oxygen atoms in total. The zero-order valence-corrected chi connectivity index (χ0v) is 18.4. The number of carbonyl (C=O) groups excluding carboxylic acids is 2. The van der Waals surface area contributed by atoms with Crippen LogP contribution in [0.5, 0.6) is 5.75 Å². The summed E-state index contributed by atoms with van der Waals surface area (Å²) >= 11 is 0. The van der Waals surface area contributed by atoms with Crippen molar-refractivity contribution in [2.45, 2.75) is 12.7 Å². The molecule has 1 aromatic heterocycles. The van der Waals surface area contributed by atoms with Crippen molar-refractivity contribution >= 4 is 11.9 Å². The molecule has 0 unspecified atom stereocenters. The summed E-state index contributed by atoms with van der Waals surface area (Å²) in [4.78, 5) is 25.3. The van der Waals surface area contributed by atoms with E-state index in [1.807, 2.05) is 18.2 Å². The van der Waals surface area contributed by atoms with Crippen LogP contribution in [0.25, 0.3) is 16.9 Å². The predicted octanol–water partition coefficient (Wildman–Crippen LogP) is 3.25. The summed E-state index contributed by atoms with van der Waals surface area (Å²) in [5.74, 6) is -0.745. The van der Waals surface area contributed by atoms with Crippen LogP contribution in [-0.2, 0) is 18.9 Å². The van der Waals surface area contributed by atoms with Crippen LogP contribution in [0.2, 0.25) is 0 Å². The first-order chi connectivity index (χ1) is 16.1. The lowest BCUT2D eigenvalue weighted by Crippen LogP contribution is -2.15. The van der Waals surface area contributed by atoms with Crippen LogP contribution in [-0.4, -0.2) is 62.0 Å². The fourth-order valence-corrected chi connectivity index (χ4v) is 3.51. The third-order valence-corrected chi connectivity index (χ3v) is 5.10. The van der Waals surface area contributed by atoms with E-state index in [9.17, 15) is 9.59 Å². The minimum atomic E-state index is -0.700. The van der Waals surface area contributed by atoms with Gasteiger partial charge in [0.05, 0.1) is 39.7 Å². The Bertz CT molecular complexity index is 1100. The molecule has 3 aromatic rings. The van der Waals surface area contributed by atoms with E-state index in [0.717, 1.165) is 0 Å². The summed E-state index contributed by atoms with van der Waals surface area (Å²) in [5.41, 5.74) is 1.53. The SMILES string of the molecule is COC(=O)c1c(-c2ccc(OCCC3OCCO3)cc2)nn(-c2ccccc2)c1C(=O)OC. The van der Waals surface area contributed by atoms with Crippen LogP contribution in [0.3, 0.4) is 0 Å². The number of para-hydroxylation sites is 1. The molecule has 1 saturated heterocycles. The van der Waals surface area contributed by atoms with E-state index in [0.29, 0.717) is 48.9 Å². The highest BCUT2D eigenvalue weighted by molar-refractivity contribution is 6.06. The molecule has 33 heavy (non-hydrogen) atoms. The van der Waals surface area contributed by atoms with Gasteiger partial charge < -0.3 is 23.7 Å². The van der Waals surface area contributed by atoms with Crippen LogP contribution >= 0.6 is 0 Å². The molecule has 4 rings (SSSR count). The van der Waals surface area contributed by atoms with E-state index >= 15 is 0 Å². The van der Waals surface area contributed by atoms with E-state index in [1.165, 1.54) is 18.9 Å². The number of carbonyl (C=O) groups is 2. The van der Waals surface area contributed by atoms with Gasteiger partial charge in [0, 0.05) is 12.0 Å². The zero-order chi connectivity index (χ0) is 23.2. The molecule has 0 bridgehead atoms. The monoisotopic (exact) mass is 452 g/mol. The minimum Gasteiger partial charge on any atom is -0.493 e. The lowest BCUT2D eigenvalue weighted by molar-refractivity contribution is -0.0531. The van der Waals surface area contributed by atoms with Crippen LogP contribution in [0, 0.1) is 0 Å². The molecule has 1 fully saturated rings. The highest BCUT2D eigenvalue weighted by Gasteiger charge is 2.31. The molecular weight excluding hydrogens is 428 g/mol. The highest BCUT2D eigenvalue weighted by Crippen LogP contribution is 2.30. The quantitative estimate of drug-likeness (QED) is 0.481. The van der Waals surface area contributed by atoms with Gasteiger partial charge in [-0.15, -0.1) is 0 Å². The normalized spacial score (nSPS) is 13.6. The lowest BCUT2D eigenvalue weighted by Gasteiger charge is -2.10.